The molecule has 3 heteroatoms. The summed E-state index contributed by atoms with van der Waals surface area (Å²) < 4.78 is 0. The number of carbonyl (C=O) groups is 1. The molecule has 0 aliphatic carbocycles. The second-order valence-electron chi connectivity index (χ2n) is 5.30. The number of nitrogens with one attached hydrogen (secondary N) is 1. The standard InChI is InChI=1S/C18H21NO2/c1-13-7-3-6-10-17(13)14(2)19-12-16-9-5-4-8-15(16)11-18(20)21/h3-10,14,19H,11-12H2,1-2H3,(H,20,21)/t14-/m1/s1. The second kappa shape index (κ2) is 7.04. The van der Waals surface area contributed by atoms with Crippen LogP contribution in [0.25, 0.3) is 0 Å². The van der Waals surface area contributed by atoms with Crippen LogP contribution in [-0.4, -0.2) is 11.1 Å². The van der Waals surface area contributed by atoms with Crippen molar-refractivity contribution in [2.45, 2.75) is 32.9 Å². The number of carboxylic acids is 1. The molecular weight excluding hydrogens is 262 g/mol. The molecule has 2 aromatic carbocycles. The van der Waals surface area contributed by atoms with Gasteiger partial charge >= 0.3 is 5.97 Å². The smallest absolute Gasteiger partial charge is 0.307 e. The van der Waals surface area contributed by atoms with Crippen LogP contribution in [0, 0.1) is 6.92 Å². The van der Waals surface area contributed by atoms with Gasteiger partial charge in [-0.25, -0.2) is 0 Å². The number of hydrogen-bond donors (Lipinski definition) is 2. The average molecular weight is 283 g/mol. The quantitative estimate of drug-likeness (QED) is 0.853. The van der Waals surface area contributed by atoms with Gasteiger partial charge in [0.25, 0.3) is 0 Å². The number of carboxylic acid groups (broad SMARTS) is 1. The van der Waals surface area contributed by atoms with Crippen molar-refractivity contribution in [1.82, 2.24) is 5.32 Å². The topological polar surface area (TPSA) is 49.3 Å². The highest BCUT2D eigenvalue weighted by Gasteiger charge is 2.10. The molecule has 1 atom stereocenters. The van der Waals surface area contributed by atoms with E-state index in [1.165, 1.54) is 11.1 Å². The van der Waals surface area contributed by atoms with E-state index in [4.69, 9.17) is 5.11 Å². The SMILES string of the molecule is Cc1ccccc1[C@@H](C)NCc1ccccc1CC(=O)O. The highest BCUT2D eigenvalue weighted by molar-refractivity contribution is 5.70. The lowest BCUT2D eigenvalue weighted by Gasteiger charge is -2.17. The fraction of sp³-hybridized carbons (Fsp3) is 0.278. The Hall–Kier alpha value is -2.13. The molecule has 21 heavy (non-hydrogen) atoms. The Bertz CT molecular complexity index is 622. The fourth-order valence-corrected chi connectivity index (χ4v) is 2.51. The number of rotatable bonds is 6. The molecule has 0 aromatic heterocycles. The molecule has 0 bridgehead atoms. The first kappa shape index (κ1) is 15.3. The lowest BCUT2D eigenvalue weighted by atomic mass is 10.0. The number of aryl methyl sites for hydroxylation is 1. The van der Waals surface area contributed by atoms with Gasteiger partial charge in [-0.15, -0.1) is 0 Å². The summed E-state index contributed by atoms with van der Waals surface area (Å²) >= 11 is 0. The summed E-state index contributed by atoms with van der Waals surface area (Å²) in [6, 6.07) is 16.2. The van der Waals surface area contributed by atoms with E-state index in [0.717, 1.165) is 11.1 Å². The molecule has 110 valence electrons. The lowest BCUT2D eigenvalue weighted by Crippen LogP contribution is -2.20. The van der Waals surface area contributed by atoms with E-state index in [1.807, 2.05) is 36.4 Å². The van der Waals surface area contributed by atoms with Crippen LogP contribution in [0.1, 0.15) is 35.2 Å². The van der Waals surface area contributed by atoms with Gasteiger partial charge in [0, 0.05) is 12.6 Å². The van der Waals surface area contributed by atoms with E-state index >= 15 is 0 Å². The van der Waals surface area contributed by atoms with Crippen molar-refractivity contribution >= 4 is 5.97 Å². The number of aliphatic carboxylic acids is 1. The Kier molecular flexibility index (Phi) is 5.12. The molecule has 0 fully saturated rings. The van der Waals surface area contributed by atoms with Gasteiger partial charge in [-0.05, 0) is 36.1 Å². The zero-order chi connectivity index (χ0) is 15.2. The molecule has 0 saturated heterocycles. The molecule has 0 unspecified atom stereocenters. The van der Waals surface area contributed by atoms with E-state index in [0.29, 0.717) is 6.54 Å². The van der Waals surface area contributed by atoms with Crippen molar-refractivity contribution in [3.63, 3.8) is 0 Å². The van der Waals surface area contributed by atoms with Crippen LogP contribution in [-0.2, 0) is 17.8 Å². The Morgan fingerprint density at radius 2 is 1.71 bits per heavy atom. The first-order chi connectivity index (χ1) is 10.1. The van der Waals surface area contributed by atoms with Gasteiger partial charge < -0.3 is 10.4 Å². The summed E-state index contributed by atoms with van der Waals surface area (Å²) in [7, 11) is 0. The summed E-state index contributed by atoms with van der Waals surface area (Å²) in [5, 5.41) is 12.4. The molecule has 3 nitrogen and oxygen atoms in total. The van der Waals surface area contributed by atoms with Gasteiger partial charge in [0.1, 0.15) is 0 Å². The summed E-state index contributed by atoms with van der Waals surface area (Å²) in [5.41, 5.74) is 4.44. The maximum atomic E-state index is 10.9. The Balaban J connectivity index is 2.06. The van der Waals surface area contributed by atoms with Crippen LogP contribution >= 0.6 is 0 Å². The van der Waals surface area contributed by atoms with Crippen LogP contribution in [0.3, 0.4) is 0 Å². The number of hydrogen-bond acceptors (Lipinski definition) is 2. The van der Waals surface area contributed by atoms with Gasteiger partial charge in [0.2, 0.25) is 0 Å². The predicted molar refractivity (Wildman–Crippen MR) is 84.2 cm³/mol. The highest BCUT2D eigenvalue weighted by Crippen LogP contribution is 2.18. The van der Waals surface area contributed by atoms with Crippen LogP contribution in [0.2, 0.25) is 0 Å². The van der Waals surface area contributed by atoms with Crippen LogP contribution < -0.4 is 5.32 Å². The maximum absolute atomic E-state index is 10.9. The third kappa shape index (κ3) is 4.17. The minimum Gasteiger partial charge on any atom is -0.481 e. The molecule has 0 spiro atoms. The van der Waals surface area contributed by atoms with Gasteiger partial charge in [-0.2, -0.15) is 0 Å². The zero-order valence-corrected chi connectivity index (χ0v) is 12.5. The van der Waals surface area contributed by atoms with Crippen molar-refractivity contribution in [3.8, 4) is 0 Å². The van der Waals surface area contributed by atoms with Crippen molar-refractivity contribution < 1.29 is 9.90 Å². The maximum Gasteiger partial charge on any atom is 0.307 e. The van der Waals surface area contributed by atoms with E-state index in [1.54, 1.807) is 0 Å². The van der Waals surface area contributed by atoms with Gasteiger partial charge in [-0.3, -0.25) is 4.79 Å². The summed E-state index contributed by atoms with van der Waals surface area (Å²) in [6.07, 6.45) is 0.0661. The molecule has 0 radical (unpaired) electrons. The van der Waals surface area contributed by atoms with E-state index in [-0.39, 0.29) is 12.5 Å². The van der Waals surface area contributed by atoms with E-state index < -0.39 is 5.97 Å². The molecule has 0 aliphatic rings. The van der Waals surface area contributed by atoms with Crippen LogP contribution in [0.15, 0.2) is 48.5 Å². The summed E-state index contributed by atoms with van der Waals surface area (Å²) in [5.74, 6) is -0.797. The van der Waals surface area contributed by atoms with Crippen LogP contribution in [0.5, 0.6) is 0 Å². The minimum absolute atomic E-state index is 0.0661. The largest absolute Gasteiger partial charge is 0.481 e. The molecule has 0 saturated carbocycles. The van der Waals surface area contributed by atoms with E-state index in [9.17, 15) is 4.79 Å². The third-order valence-electron chi connectivity index (χ3n) is 3.71. The monoisotopic (exact) mass is 283 g/mol. The Labute approximate surface area is 125 Å². The summed E-state index contributed by atoms with van der Waals surface area (Å²) in [6.45, 7) is 4.90. The number of benzene rings is 2. The van der Waals surface area contributed by atoms with Crippen molar-refractivity contribution in [1.29, 1.82) is 0 Å². The molecule has 2 aromatic rings. The molecular formula is C18H21NO2. The van der Waals surface area contributed by atoms with Gasteiger partial charge in [0.05, 0.1) is 6.42 Å². The Morgan fingerprint density at radius 1 is 1.10 bits per heavy atom. The van der Waals surface area contributed by atoms with Gasteiger partial charge in [0.15, 0.2) is 0 Å². The third-order valence-corrected chi connectivity index (χ3v) is 3.71. The van der Waals surface area contributed by atoms with E-state index in [2.05, 4.69) is 31.3 Å². The summed E-state index contributed by atoms with van der Waals surface area (Å²) in [4.78, 5) is 10.9. The van der Waals surface area contributed by atoms with Crippen molar-refractivity contribution in [3.05, 3.63) is 70.8 Å². The normalized spacial score (nSPS) is 12.1. The molecule has 0 amide bonds. The first-order valence-electron chi connectivity index (χ1n) is 7.15. The van der Waals surface area contributed by atoms with Crippen LogP contribution in [0.4, 0.5) is 0 Å². The van der Waals surface area contributed by atoms with Gasteiger partial charge in [-0.1, -0.05) is 48.5 Å². The molecule has 0 aliphatic heterocycles. The Morgan fingerprint density at radius 3 is 2.38 bits per heavy atom. The average Bonchev–Trinajstić information content (AvgIpc) is 2.46. The lowest BCUT2D eigenvalue weighted by molar-refractivity contribution is -0.136. The molecule has 2 rings (SSSR count). The van der Waals surface area contributed by atoms with Crippen molar-refractivity contribution in [2.75, 3.05) is 0 Å². The highest BCUT2D eigenvalue weighted by atomic mass is 16.4. The van der Waals surface area contributed by atoms with Crippen molar-refractivity contribution in [2.24, 2.45) is 0 Å². The first-order valence-corrected chi connectivity index (χ1v) is 7.15. The molecule has 0 heterocycles. The zero-order valence-electron chi connectivity index (χ0n) is 12.5. The minimum atomic E-state index is -0.797. The predicted octanol–water partition coefficient (Wildman–Crippen LogP) is 3.47. The fourth-order valence-electron chi connectivity index (χ4n) is 2.51. The second-order valence-corrected chi connectivity index (χ2v) is 5.30. The molecule has 2 N–H and O–H groups in total.